The fraction of sp³-hybridized carbons (Fsp3) is 0.417. The molecule has 0 aliphatic carbocycles. The van der Waals surface area contributed by atoms with E-state index < -0.39 is 5.82 Å². The van der Waals surface area contributed by atoms with Gasteiger partial charge in [0.15, 0.2) is 5.78 Å². The summed E-state index contributed by atoms with van der Waals surface area (Å²) in [5.41, 5.74) is 5.46. The number of hydrogen-bond donors (Lipinski definition) is 1. The van der Waals surface area contributed by atoms with Gasteiger partial charge in [-0.3, -0.25) is 4.79 Å². The SMILES string of the molecule is NCCCCCC(=O)c1ccc(Cl)cc1F. The Labute approximate surface area is 99.6 Å². The van der Waals surface area contributed by atoms with E-state index in [9.17, 15) is 9.18 Å². The molecule has 0 spiro atoms. The fourth-order valence-corrected chi connectivity index (χ4v) is 1.62. The molecule has 0 heterocycles. The van der Waals surface area contributed by atoms with Gasteiger partial charge in [-0.2, -0.15) is 0 Å². The number of rotatable bonds is 6. The largest absolute Gasteiger partial charge is 0.330 e. The van der Waals surface area contributed by atoms with E-state index in [1.807, 2.05) is 0 Å². The van der Waals surface area contributed by atoms with Gasteiger partial charge in [-0.05, 0) is 37.6 Å². The predicted octanol–water partition coefficient (Wildman–Crippen LogP) is 3.18. The molecule has 0 saturated heterocycles. The number of ketones is 1. The highest BCUT2D eigenvalue weighted by atomic mass is 35.5. The molecule has 0 bridgehead atoms. The normalized spacial score (nSPS) is 10.4. The summed E-state index contributed by atoms with van der Waals surface area (Å²) in [6, 6.07) is 4.12. The zero-order valence-electron chi connectivity index (χ0n) is 9.01. The molecule has 0 fully saturated rings. The molecule has 0 aromatic heterocycles. The summed E-state index contributed by atoms with van der Waals surface area (Å²) in [6.45, 7) is 0.628. The van der Waals surface area contributed by atoms with Crippen molar-refractivity contribution < 1.29 is 9.18 Å². The van der Waals surface area contributed by atoms with Crippen molar-refractivity contribution in [1.29, 1.82) is 0 Å². The van der Waals surface area contributed by atoms with Gasteiger partial charge in [0.25, 0.3) is 0 Å². The van der Waals surface area contributed by atoms with Crippen LogP contribution >= 0.6 is 11.6 Å². The first kappa shape index (κ1) is 13.1. The van der Waals surface area contributed by atoms with E-state index >= 15 is 0 Å². The zero-order valence-corrected chi connectivity index (χ0v) is 9.77. The molecule has 0 aliphatic rings. The highest BCUT2D eigenvalue weighted by Crippen LogP contribution is 2.17. The van der Waals surface area contributed by atoms with Crippen LogP contribution < -0.4 is 5.73 Å². The number of Topliss-reactive ketones (excluding diaryl/α,β-unsaturated/α-hetero) is 1. The van der Waals surface area contributed by atoms with Gasteiger partial charge in [0, 0.05) is 11.4 Å². The summed E-state index contributed by atoms with van der Waals surface area (Å²) in [6.07, 6.45) is 2.91. The maximum atomic E-state index is 13.4. The van der Waals surface area contributed by atoms with Crippen molar-refractivity contribution in [3.05, 3.63) is 34.6 Å². The lowest BCUT2D eigenvalue weighted by molar-refractivity contribution is 0.0975. The Balaban J connectivity index is 2.53. The van der Waals surface area contributed by atoms with Gasteiger partial charge < -0.3 is 5.73 Å². The average molecular weight is 244 g/mol. The van der Waals surface area contributed by atoms with Crippen molar-refractivity contribution in [3.63, 3.8) is 0 Å². The van der Waals surface area contributed by atoms with Crippen LogP contribution in [0.25, 0.3) is 0 Å². The number of halogens is 2. The van der Waals surface area contributed by atoms with Crippen molar-refractivity contribution in [2.45, 2.75) is 25.7 Å². The van der Waals surface area contributed by atoms with Gasteiger partial charge in [0.05, 0.1) is 5.56 Å². The first-order valence-corrected chi connectivity index (χ1v) is 5.71. The maximum Gasteiger partial charge on any atom is 0.165 e. The average Bonchev–Trinajstić information content (AvgIpc) is 2.24. The molecule has 16 heavy (non-hydrogen) atoms. The smallest absolute Gasteiger partial charge is 0.165 e. The molecular weight excluding hydrogens is 229 g/mol. The van der Waals surface area contributed by atoms with Gasteiger partial charge in [0.2, 0.25) is 0 Å². The fourth-order valence-electron chi connectivity index (χ4n) is 1.46. The van der Waals surface area contributed by atoms with Crippen molar-refractivity contribution in [3.8, 4) is 0 Å². The summed E-state index contributed by atoms with van der Waals surface area (Å²) in [5.74, 6) is -0.720. The summed E-state index contributed by atoms with van der Waals surface area (Å²) in [5, 5.41) is 0.303. The standard InChI is InChI=1S/C12H15ClFNO/c13-9-5-6-10(11(14)8-9)12(16)4-2-1-3-7-15/h5-6,8H,1-4,7,15H2. The second-order valence-electron chi connectivity index (χ2n) is 3.65. The number of benzene rings is 1. The zero-order chi connectivity index (χ0) is 12.0. The Morgan fingerprint density at radius 2 is 2.06 bits per heavy atom. The molecule has 0 aliphatic heterocycles. The Hall–Kier alpha value is -0.930. The molecule has 1 aromatic carbocycles. The van der Waals surface area contributed by atoms with Crippen molar-refractivity contribution in [1.82, 2.24) is 0 Å². The second-order valence-corrected chi connectivity index (χ2v) is 4.08. The molecule has 4 heteroatoms. The number of unbranched alkanes of at least 4 members (excludes halogenated alkanes) is 2. The first-order valence-electron chi connectivity index (χ1n) is 5.33. The molecule has 1 aromatic rings. The maximum absolute atomic E-state index is 13.4. The lowest BCUT2D eigenvalue weighted by Crippen LogP contribution is -2.03. The van der Waals surface area contributed by atoms with E-state index in [4.69, 9.17) is 17.3 Å². The molecule has 0 unspecified atom stereocenters. The van der Waals surface area contributed by atoms with E-state index in [0.717, 1.165) is 25.3 Å². The van der Waals surface area contributed by atoms with E-state index in [1.165, 1.54) is 12.1 Å². The van der Waals surface area contributed by atoms with Gasteiger partial charge >= 0.3 is 0 Å². The number of carbonyl (C=O) groups is 1. The second kappa shape index (κ2) is 6.61. The Morgan fingerprint density at radius 1 is 1.31 bits per heavy atom. The molecular formula is C12H15ClFNO. The van der Waals surface area contributed by atoms with Crippen LogP contribution in [0.1, 0.15) is 36.0 Å². The van der Waals surface area contributed by atoms with Crippen molar-refractivity contribution in [2.24, 2.45) is 5.73 Å². The van der Waals surface area contributed by atoms with Crippen LogP contribution in [0.4, 0.5) is 4.39 Å². The summed E-state index contributed by atoms with van der Waals surface area (Å²) >= 11 is 5.60. The van der Waals surface area contributed by atoms with E-state index in [0.29, 0.717) is 18.0 Å². The van der Waals surface area contributed by atoms with Crippen LogP contribution in [-0.2, 0) is 0 Å². The predicted molar refractivity (Wildman–Crippen MR) is 63.3 cm³/mol. The van der Waals surface area contributed by atoms with Gasteiger partial charge in [-0.25, -0.2) is 4.39 Å². The van der Waals surface area contributed by atoms with E-state index in [1.54, 1.807) is 0 Å². The van der Waals surface area contributed by atoms with Crippen LogP contribution in [-0.4, -0.2) is 12.3 Å². The van der Waals surface area contributed by atoms with E-state index in [2.05, 4.69) is 0 Å². The number of carbonyl (C=O) groups excluding carboxylic acids is 1. The van der Waals surface area contributed by atoms with Crippen LogP contribution in [0, 0.1) is 5.82 Å². The van der Waals surface area contributed by atoms with Crippen molar-refractivity contribution >= 4 is 17.4 Å². The highest BCUT2D eigenvalue weighted by Gasteiger charge is 2.11. The minimum Gasteiger partial charge on any atom is -0.330 e. The Bertz CT molecular complexity index is 368. The number of hydrogen-bond acceptors (Lipinski definition) is 2. The number of nitrogens with two attached hydrogens (primary N) is 1. The van der Waals surface area contributed by atoms with Gasteiger partial charge in [0.1, 0.15) is 5.82 Å². The molecule has 1 rings (SSSR count). The molecule has 88 valence electrons. The van der Waals surface area contributed by atoms with Gasteiger partial charge in [-0.15, -0.1) is 0 Å². The lowest BCUT2D eigenvalue weighted by Gasteiger charge is -2.02. The molecule has 0 atom stereocenters. The van der Waals surface area contributed by atoms with E-state index in [-0.39, 0.29) is 11.3 Å². The molecule has 0 saturated carbocycles. The van der Waals surface area contributed by atoms with Crippen LogP contribution in [0.5, 0.6) is 0 Å². The monoisotopic (exact) mass is 243 g/mol. The quantitative estimate of drug-likeness (QED) is 0.616. The topological polar surface area (TPSA) is 43.1 Å². The Morgan fingerprint density at radius 3 is 2.69 bits per heavy atom. The molecule has 2 nitrogen and oxygen atoms in total. The van der Waals surface area contributed by atoms with Crippen LogP contribution in [0.3, 0.4) is 0 Å². The minimum absolute atomic E-state index is 0.122. The third-order valence-corrected chi connectivity index (χ3v) is 2.57. The molecule has 0 amide bonds. The Kier molecular flexibility index (Phi) is 5.43. The third-order valence-electron chi connectivity index (χ3n) is 2.34. The van der Waals surface area contributed by atoms with Gasteiger partial charge in [-0.1, -0.05) is 18.0 Å². The van der Waals surface area contributed by atoms with Crippen molar-refractivity contribution in [2.75, 3.05) is 6.54 Å². The minimum atomic E-state index is -0.545. The third kappa shape index (κ3) is 3.91. The summed E-state index contributed by atoms with van der Waals surface area (Å²) in [7, 11) is 0. The van der Waals surface area contributed by atoms with Crippen LogP contribution in [0.15, 0.2) is 18.2 Å². The highest BCUT2D eigenvalue weighted by molar-refractivity contribution is 6.30. The first-order chi connectivity index (χ1) is 7.65. The molecule has 0 radical (unpaired) electrons. The van der Waals surface area contributed by atoms with Crippen LogP contribution in [0.2, 0.25) is 5.02 Å². The summed E-state index contributed by atoms with van der Waals surface area (Å²) in [4.78, 5) is 11.6. The lowest BCUT2D eigenvalue weighted by atomic mass is 10.0. The summed E-state index contributed by atoms with van der Waals surface area (Å²) < 4.78 is 13.4. The molecule has 2 N–H and O–H groups in total.